The zero-order chi connectivity index (χ0) is 15.6. The molecule has 0 radical (unpaired) electrons. The molecule has 0 saturated carbocycles. The van der Waals surface area contributed by atoms with Gasteiger partial charge in [-0.15, -0.1) is 0 Å². The van der Waals surface area contributed by atoms with Crippen molar-refractivity contribution in [1.29, 1.82) is 0 Å². The molecule has 0 unspecified atom stereocenters. The van der Waals surface area contributed by atoms with Gasteiger partial charge in [0.2, 0.25) is 5.91 Å². The normalized spacial score (nSPS) is 10.5. The van der Waals surface area contributed by atoms with E-state index in [0.29, 0.717) is 6.42 Å². The van der Waals surface area contributed by atoms with Crippen LogP contribution in [-0.4, -0.2) is 11.0 Å². The summed E-state index contributed by atoms with van der Waals surface area (Å²) in [7, 11) is 0. The third kappa shape index (κ3) is 3.63. The van der Waals surface area contributed by atoms with Crippen molar-refractivity contribution >= 4 is 11.6 Å². The third-order valence-corrected chi connectivity index (χ3v) is 3.75. The molecule has 2 rings (SSSR count). The highest BCUT2D eigenvalue weighted by molar-refractivity contribution is 5.93. The molecule has 0 bridgehead atoms. The second-order valence-corrected chi connectivity index (χ2v) is 5.60. The first-order valence-corrected chi connectivity index (χ1v) is 7.03. The van der Waals surface area contributed by atoms with Crippen LogP contribution in [0, 0.1) is 27.7 Å². The van der Waals surface area contributed by atoms with Gasteiger partial charge in [-0.2, -0.15) is 0 Å². The fourth-order valence-electron chi connectivity index (χ4n) is 2.23. The molecule has 0 saturated heterocycles. The largest absolute Gasteiger partial charge is 0.508 e. The number of hydrogen-bond donors (Lipinski definition) is 2. The van der Waals surface area contributed by atoms with Crippen molar-refractivity contribution in [3.05, 3.63) is 58.1 Å². The molecule has 0 spiro atoms. The second-order valence-electron chi connectivity index (χ2n) is 5.60. The predicted octanol–water partition coefficient (Wildman–Crippen LogP) is 3.81. The van der Waals surface area contributed by atoms with Crippen molar-refractivity contribution in [3.63, 3.8) is 0 Å². The molecular weight excluding hydrogens is 262 g/mol. The number of aromatic hydroxyl groups is 1. The van der Waals surface area contributed by atoms with Gasteiger partial charge in [0, 0.05) is 5.69 Å². The topological polar surface area (TPSA) is 49.3 Å². The summed E-state index contributed by atoms with van der Waals surface area (Å²) in [6.07, 6.45) is 0.348. The lowest BCUT2D eigenvalue weighted by molar-refractivity contribution is -0.115. The van der Waals surface area contributed by atoms with Gasteiger partial charge >= 0.3 is 0 Å². The van der Waals surface area contributed by atoms with E-state index in [9.17, 15) is 9.90 Å². The fourth-order valence-corrected chi connectivity index (χ4v) is 2.23. The van der Waals surface area contributed by atoms with Gasteiger partial charge in [0.25, 0.3) is 0 Å². The van der Waals surface area contributed by atoms with Crippen LogP contribution in [0.1, 0.15) is 27.8 Å². The summed E-state index contributed by atoms with van der Waals surface area (Å²) in [5, 5.41) is 12.5. The van der Waals surface area contributed by atoms with Crippen LogP contribution < -0.4 is 5.32 Å². The molecule has 2 N–H and O–H groups in total. The Morgan fingerprint density at radius 2 is 1.67 bits per heavy atom. The molecule has 0 fully saturated rings. The molecule has 0 aliphatic heterocycles. The second kappa shape index (κ2) is 6.00. The SMILES string of the molecule is Cc1ccc(CC(=O)Nc2cc(C)c(O)cc2C)cc1C. The number of hydrogen-bond acceptors (Lipinski definition) is 2. The summed E-state index contributed by atoms with van der Waals surface area (Å²) in [5.74, 6) is 0.200. The molecule has 0 atom stereocenters. The van der Waals surface area contributed by atoms with Crippen LogP contribution in [0.5, 0.6) is 5.75 Å². The average molecular weight is 283 g/mol. The molecule has 3 heteroatoms. The number of nitrogens with one attached hydrogen (secondary N) is 1. The van der Waals surface area contributed by atoms with Crippen molar-refractivity contribution < 1.29 is 9.90 Å². The predicted molar refractivity (Wildman–Crippen MR) is 85.8 cm³/mol. The molecule has 0 heterocycles. The van der Waals surface area contributed by atoms with Gasteiger partial charge in [0.05, 0.1) is 6.42 Å². The number of anilines is 1. The minimum absolute atomic E-state index is 0.0496. The van der Waals surface area contributed by atoms with Crippen LogP contribution in [0.15, 0.2) is 30.3 Å². The third-order valence-electron chi connectivity index (χ3n) is 3.75. The molecular formula is C18H21NO2. The van der Waals surface area contributed by atoms with Crippen LogP contribution in [0.2, 0.25) is 0 Å². The highest BCUT2D eigenvalue weighted by Crippen LogP contribution is 2.25. The quantitative estimate of drug-likeness (QED) is 0.842. The van der Waals surface area contributed by atoms with Crippen LogP contribution in [0.3, 0.4) is 0 Å². The Hall–Kier alpha value is -2.29. The van der Waals surface area contributed by atoms with Crippen molar-refractivity contribution in [2.24, 2.45) is 0 Å². The Morgan fingerprint density at radius 1 is 0.952 bits per heavy atom. The van der Waals surface area contributed by atoms with E-state index in [0.717, 1.165) is 22.4 Å². The lowest BCUT2D eigenvalue weighted by Crippen LogP contribution is -2.15. The Kier molecular flexibility index (Phi) is 4.32. The first kappa shape index (κ1) is 15.1. The summed E-state index contributed by atoms with van der Waals surface area (Å²) in [6.45, 7) is 7.78. The lowest BCUT2D eigenvalue weighted by atomic mass is 10.0. The lowest BCUT2D eigenvalue weighted by Gasteiger charge is -2.11. The van der Waals surface area contributed by atoms with Crippen molar-refractivity contribution in [1.82, 2.24) is 0 Å². The summed E-state index contributed by atoms with van der Waals surface area (Å²) in [5.41, 5.74) is 5.78. The molecule has 0 aliphatic carbocycles. The number of aryl methyl sites for hydroxylation is 4. The molecule has 21 heavy (non-hydrogen) atoms. The smallest absolute Gasteiger partial charge is 0.228 e. The van der Waals surface area contributed by atoms with Gasteiger partial charge in [-0.25, -0.2) is 0 Å². The standard InChI is InChI=1S/C18H21NO2/c1-11-5-6-15(7-12(11)2)10-18(21)19-16-8-14(4)17(20)9-13(16)3/h5-9,20H,10H2,1-4H3,(H,19,21). The average Bonchev–Trinajstić information content (AvgIpc) is 2.40. The Bertz CT molecular complexity index is 690. The van der Waals surface area contributed by atoms with Crippen LogP contribution in [-0.2, 0) is 11.2 Å². The number of carbonyl (C=O) groups is 1. The van der Waals surface area contributed by atoms with Crippen molar-refractivity contribution in [3.8, 4) is 5.75 Å². The van der Waals surface area contributed by atoms with Crippen molar-refractivity contribution in [2.75, 3.05) is 5.32 Å². The van der Waals surface area contributed by atoms with Gasteiger partial charge < -0.3 is 10.4 Å². The Balaban J connectivity index is 2.11. The van der Waals surface area contributed by atoms with Crippen LogP contribution in [0.25, 0.3) is 0 Å². The highest BCUT2D eigenvalue weighted by atomic mass is 16.3. The van der Waals surface area contributed by atoms with Crippen molar-refractivity contribution in [2.45, 2.75) is 34.1 Å². The van der Waals surface area contributed by atoms with E-state index < -0.39 is 0 Å². The molecule has 3 nitrogen and oxygen atoms in total. The van der Waals surface area contributed by atoms with E-state index in [1.807, 2.05) is 39.0 Å². The number of phenolic OH excluding ortho intramolecular Hbond substituents is 1. The Labute approximate surface area is 125 Å². The minimum Gasteiger partial charge on any atom is -0.508 e. The summed E-state index contributed by atoms with van der Waals surface area (Å²) < 4.78 is 0. The van der Waals surface area contributed by atoms with E-state index in [-0.39, 0.29) is 11.7 Å². The molecule has 2 aromatic carbocycles. The number of amides is 1. The number of phenols is 1. The van der Waals surface area contributed by atoms with Gasteiger partial charge in [-0.05, 0) is 67.6 Å². The maximum atomic E-state index is 12.2. The first-order valence-electron chi connectivity index (χ1n) is 7.03. The molecule has 1 amide bonds. The zero-order valence-electron chi connectivity index (χ0n) is 12.9. The number of benzene rings is 2. The van der Waals surface area contributed by atoms with E-state index in [1.54, 1.807) is 12.1 Å². The molecule has 0 aromatic heterocycles. The number of carbonyl (C=O) groups excluding carboxylic acids is 1. The van der Waals surface area contributed by atoms with E-state index in [2.05, 4.69) is 12.2 Å². The number of rotatable bonds is 3. The van der Waals surface area contributed by atoms with E-state index >= 15 is 0 Å². The molecule has 0 aliphatic rings. The fraction of sp³-hybridized carbons (Fsp3) is 0.278. The first-order chi connectivity index (χ1) is 9.86. The van der Waals surface area contributed by atoms with Gasteiger partial charge in [0.15, 0.2) is 0 Å². The molecule has 110 valence electrons. The highest BCUT2D eigenvalue weighted by Gasteiger charge is 2.09. The van der Waals surface area contributed by atoms with Gasteiger partial charge in [0.1, 0.15) is 5.75 Å². The molecule has 2 aromatic rings. The van der Waals surface area contributed by atoms with E-state index in [1.165, 1.54) is 11.1 Å². The summed E-state index contributed by atoms with van der Waals surface area (Å²) in [4.78, 5) is 12.2. The maximum absolute atomic E-state index is 12.2. The van der Waals surface area contributed by atoms with Gasteiger partial charge in [-0.1, -0.05) is 18.2 Å². The Morgan fingerprint density at radius 3 is 2.33 bits per heavy atom. The van der Waals surface area contributed by atoms with Gasteiger partial charge in [-0.3, -0.25) is 4.79 Å². The van der Waals surface area contributed by atoms with Crippen LogP contribution >= 0.6 is 0 Å². The van der Waals surface area contributed by atoms with E-state index in [4.69, 9.17) is 0 Å². The summed E-state index contributed by atoms with van der Waals surface area (Å²) in [6, 6.07) is 9.53. The van der Waals surface area contributed by atoms with Crippen LogP contribution in [0.4, 0.5) is 5.69 Å². The zero-order valence-corrected chi connectivity index (χ0v) is 12.9. The minimum atomic E-state index is -0.0496. The monoisotopic (exact) mass is 283 g/mol. The summed E-state index contributed by atoms with van der Waals surface area (Å²) >= 11 is 0. The maximum Gasteiger partial charge on any atom is 0.228 e.